The van der Waals surface area contributed by atoms with E-state index < -0.39 is 12.3 Å². The highest BCUT2D eigenvalue weighted by Gasteiger charge is 2.52. The second-order valence-corrected chi connectivity index (χ2v) is 11.8. The van der Waals surface area contributed by atoms with Gasteiger partial charge in [-0.15, -0.1) is 12.4 Å². The van der Waals surface area contributed by atoms with Crippen molar-refractivity contribution in [2.75, 3.05) is 20.6 Å². The quantitative estimate of drug-likeness (QED) is 0.243. The van der Waals surface area contributed by atoms with Crippen LogP contribution in [0.4, 0.5) is 0 Å². The monoisotopic (exact) mass is 489 g/mol. The molecular weight excluding hydrogens is 457 g/mol. The first kappa shape index (κ1) is 26.0. The number of halogens is 1. The molecule has 0 saturated carbocycles. The van der Waals surface area contributed by atoms with E-state index in [1.165, 1.54) is 0 Å². The Morgan fingerprint density at radius 3 is 1.32 bits per heavy atom. The maximum absolute atomic E-state index is 15.9. The highest BCUT2D eigenvalue weighted by atomic mass is 35.5. The van der Waals surface area contributed by atoms with Gasteiger partial charge in [0.25, 0.3) is 0 Å². The van der Waals surface area contributed by atoms with Gasteiger partial charge >= 0.3 is 0 Å². The van der Waals surface area contributed by atoms with E-state index in [0.29, 0.717) is 0 Å². The number of hydrogen-bond donors (Lipinski definition) is 0. The molecule has 0 spiro atoms. The molecule has 0 unspecified atom stereocenters. The molecule has 0 fully saturated rings. The van der Waals surface area contributed by atoms with Crippen molar-refractivity contribution in [1.82, 2.24) is 4.90 Å². The van der Waals surface area contributed by atoms with E-state index in [1.54, 1.807) is 0 Å². The normalized spacial score (nSPS) is 11.7. The molecule has 4 rings (SSSR count). The third kappa shape index (κ3) is 4.91. The lowest BCUT2D eigenvalue weighted by molar-refractivity contribution is 0.382. The summed E-state index contributed by atoms with van der Waals surface area (Å²) in [6.07, 6.45) is 1.71. The first-order valence-corrected chi connectivity index (χ1v) is 13.3. The molecule has 4 aromatic carbocycles. The summed E-state index contributed by atoms with van der Waals surface area (Å²) in [6, 6.07) is 41.1. The van der Waals surface area contributed by atoms with Crippen molar-refractivity contribution in [3.8, 4) is 0 Å². The molecule has 176 valence electrons. The van der Waals surface area contributed by atoms with Crippen LogP contribution in [0.1, 0.15) is 24.0 Å². The summed E-state index contributed by atoms with van der Waals surface area (Å²) in [4.78, 5) is 2.21. The standard InChI is InChI=1S/C30H32NOP.ClH/c1-31(2)25-15-24-30(26-16-7-3-8-17-26,27-18-9-4-10-19-27)33(32,28-20-11-5-12-21-28)29-22-13-6-14-23-29;/h3-14,16-23H,15,24-25H2,1-2H3;1H. The van der Waals surface area contributed by atoms with Gasteiger partial charge in [-0.3, -0.25) is 0 Å². The molecule has 0 radical (unpaired) electrons. The highest BCUT2D eigenvalue weighted by Crippen LogP contribution is 2.66. The summed E-state index contributed by atoms with van der Waals surface area (Å²) in [5.74, 6) is 0. The van der Waals surface area contributed by atoms with Crippen LogP contribution in [0.25, 0.3) is 0 Å². The van der Waals surface area contributed by atoms with Crippen molar-refractivity contribution < 1.29 is 4.57 Å². The van der Waals surface area contributed by atoms with Crippen molar-refractivity contribution in [2.45, 2.75) is 18.0 Å². The Hall–Kier alpha value is -2.64. The van der Waals surface area contributed by atoms with E-state index in [9.17, 15) is 0 Å². The fourth-order valence-corrected chi connectivity index (χ4v) is 8.78. The zero-order valence-corrected chi connectivity index (χ0v) is 21.6. The topological polar surface area (TPSA) is 20.3 Å². The van der Waals surface area contributed by atoms with Crippen LogP contribution in [-0.4, -0.2) is 25.5 Å². The summed E-state index contributed by atoms with van der Waals surface area (Å²) in [7, 11) is 1.01. The lowest BCUT2D eigenvalue weighted by Gasteiger charge is -2.43. The van der Waals surface area contributed by atoms with Gasteiger partial charge in [-0.05, 0) is 44.6 Å². The predicted octanol–water partition coefficient (Wildman–Crippen LogP) is 6.71. The van der Waals surface area contributed by atoms with Gasteiger partial charge in [0.05, 0.1) is 5.16 Å². The zero-order chi connectivity index (χ0) is 23.2. The third-order valence-electron chi connectivity index (χ3n) is 6.42. The van der Waals surface area contributed by atoms with Crippen LogP contribution >= 0.6 is 19.5 Å². The van der Waals surface area contributed by atoms with Crippen molar-refractivity contribution in [3.05, 3.63) is 132 Å². The second kappa shape index (κ2) is 11.7. The Labute approximate surface area is 210 Å². The lowest BCUT2D eigenvalue weighted by Crippen LogP contribution is -2.38. The summed E-state index contributed by atoms with van der Waals surface area (Å²) >= 11 is 0. The van der Waals surface area contributed by atoms with Crippen LogP contribution in [0.15, 0.2) is 121 Å². The van der Waals surface area contributed by atoms with Crippen LogP contribution < -0.4 is 10.6 Å². The van der Waals surface area contributed by atoms with Gasteiger partial charge < -0.3 is 9.46 Å². The molecular formula is C30H33ClNOP. The van der Waals surface area contributed by atoms with Gasteiger partial charge in [-0.1, -0.05) is 121 Å². The minimum absolute atomic E-state index is 0. The van der Waals surface area contributed by atoms with Crippen LogP contribution in [0.5, 0.6) is 0 Å². The Balaban J connectivity index is 0.00000324. The van der Waals surface area contributed by atoms with Crippen LogP contribution in [-0.2, 0) is 9.72 Å². The third-order valence-corrected chi connectivity index (χ3v) is 10.3. The average Bonchev–Trinajstić information content (AvgIpc) is 2.88. The summed E-state index contributed by atoms with van der Waals surface area (Å²) in [5, 5.41) is 1.11. The van der Waals surface area contributed by atoms with E-state index in [-0.39, 0.29) is 12.4 Å². The van der Waals surface area contributed by atoms with E-state index in [4.69, 9.17) is 0 Å². The molecule has 0 heterocycles. The molecule has 4 aromatic rings. The van der Waals surface area contributed by atoms with Crippen LogP contribution in [0.3, 0.4) is 0 Å². The molecule has 0 amide bonds. The number of nitrogens with zero attached hydrogens (tertiary/aromatic N) is 1. The molecule has 0 aromatic heterocycles. The van der Waals surface area contributed by atoms with Gasteiger partial charge in [-0.25, -0.2) is 0 Å². The molecule has 0 N–H and O–H groups in total. The molecule has 0 saturated heterocycles. The molecule has 0 aliphatic heterocycles. The SMILES string of the molecule is CN(C)CCCC(c1ccccc1)(c1ccccc1)P(=O)(c1ccccc1)c1ccccc1.Cl. The highest BCUT2D eigenvalue weighted by molar-refractivity contribution is 7.80. The van der Waals surface area contributed by atoms with Gasteiger partial charge in [0.1, 0.15) is 0 Å². The molecule has 2 nitrogen and oxygen atoms in total. The Morgan fingerprint density at radius 1 is 0.618 bits per heavy atom. The van der Waals surface area contributed by atoms with Gasteiger partial charge in [0, 0.05) is 10.6 Å². The van der Waals surface area contributed by atoms with Crippen molar-refractivity contribution in [2.24, 2.45) is 0 Å². The summed E-state index contributed by atoms with van der Waals surface area (Å²) in [6.45, 7) is 0.936. The average molecular weight is 490 g/mol. The first-order chi connectivity index (χ1) is 16.1. The zero-order valence-electron chi connectivity index (χ0n) is 19.9. The summed E-state index contributed by atoms with van der Waals surface area (Å²) in [5.41, 5.74) is 2.21. The fourth-order valence-electron chi connectivity index (χ4n) is 4.92. The first-order valence-electron chi connectivity index (χ1n) is 11.6. The molecule has 0 aliphatic carbocycles. The number of hydrogen-bond acceptors (Lipinski definition) is 2. The van der Waals surface area contributed by atoms with E-state index in [2.05, 4.69) is 67.5 Å². The molecule has 0 aliphatic rings. The Bertz CT molecular complexity index is 1100. The van der Waals surface area contributed by atoms with Crippen LogP contribution in [0.2, 0.25) is 0 Å². The largest absolute Gasteiger partial charge is 0.312 e. The van der Waals surface area contributed by atoms with Crippen molar-refractivity contribution >= 4 is 30.2 Å². The number of rotatable bonds is 9. The maximum atomic E-state index is 15.9. The van der Waals surface area contributed by atoms with E-state index in [0.717, 1.165) is 41.1 Å². The van der Waals surface area contributed by atoms with Crippen molar-refractivity contribution in [3.63, 3.8) is 0 Å². The molecule has 4 heteroatoms. The second-order valence-electron chi connectivity index (χ2n) is 8.78. The molecule has 0 bridgehead atoms. The van der Waals surface area contributed by atoms with Crippen LogP contribution in [0, 0.1) is 0 Å². The minimum Gasteiger partial charge on any atom is -0.312 e. The molecule has 34 heavy (non-hydrogen) atoms. The van der Waals surface area contributed by atoms with Crippen molar-refractivity contribution in [1.29, 1.82) is 0 Å². The van der Waals surface area contributed by atoms with Gasteiger partial charge in [-0.2, -0.15) is 0 Å². The minimum atomic E-state index is -3.19. The predicted molar refractivity (Wildman–Crippen MR) is 148 cm³/mol. The van der Waals surface area contributed by atoms with E-state index in [1.807, 2.05) is 72.8 Å². The fraction of sp³-hybridized carbons (Fsp3) is 0.200. The maximum Gasteiger partial charge on any atom is 0.157 e. The van der Waals surface area contributed by atoms with Gasteiger partial charge in [0.15, 0.2) is 7.14 Å². The van der Waals surface area contributed by atoms with E-state index >= 15 is 4.57 Å². The van der Waals surface area contributed by atoms with Gasteiger partial charge in [0.2, 0.25) is 0 Å². The number of benzene rings is 4. The lowest BCUT2D eigenvalue weighted by atomic mass is 9.86. The Morgan fingerprint density at radius 2 is 0.971 bits per heavy atom. The molecule has 0 atom stereocenters. The Kier molecular flexibility index (Phi) is 8.91. The smallest absolute Gasteiger partial charge is 0.157 e. The summed E-state index contributed by atoms with van der Waals surface area (Å²) < 4.78 is 15.9.